The van der Waals surface area contributed by atoms with Crippen LogP contribution >= 0.6 is 0 Å². The number of hydrogen-bond donors (Lipinski definition) is 2. The third-order valence-corrected chi connectivity index (χ3v) is 5.14. The fourth-order valence-electron chi connectivity index (χ4n) is 3.58. The van der Waals surface area contributed by atoms with Gasteiger partial charge in [-0.2, -0.15) is 0 Å². The van der Waals surface area contributed by atoms with Crippen molar-refractivity contribution in [2.75, 3.05) is 40.4 Å². The smallest absolute Gasteiger partial charge is 0.161 e. The van der Waals surface area contributed by atoms with Gasteiger partial charge in [0.05, 0.1) is 14.2 Å². The molecule has 0 aliphatic carbocycles. The molecule has 25 heavy (non-hydrogen) atoms. The Balaban J connectivity index is 1.51. The van der Waals surface area contributed by atoms with Gasteiger partial charge in [0, 0.05) is 11.1 Å². The molecule has 1 fully saturated rings. The van der Waals surface area contributed by atoms with Crippen molar-refractivity contribution in [1.29, 1.82) is 0 Å². The normalized spacial score (nSPS) is 20.3. The van der Waals surface area contributed by atoms with Crippen molar-refractivity contribution in [3.8, 4) is 11.5 Å². The van der Waals surface area contributed by atoms with Crippen molar-refractivity contribution >= 4 is 0 Å². The van der Waals surface area contributed by atoms with Gasteiger partial charge in [0.15, 0.2) is 11.5 Å². The minimum absolute atomic E-state index is 0.800. The summed E-state index contributed by atoms with van der Waals surface area (Å²) < 4.78 is 10.7. The number of rotatable bonds is 6. The number of hydrogen-bond acceptors (Lipinski definition) is 2. The van der Waals surface area contributed by atoms with Gasteiger partial charge in [-0.05, 0) is 25.1 Å². The zero-order valence-corrected chi connectivity index (χ0v) is 15.6. The third-order valence-electron chi connectivity index (χ3n) is 5.14. The van der Waals surface area contributed by atoms with Crippen molar-refractivity contribution in [3.05, 3.63) is 59.2 Å². The van der Waals surface area contributed by atoms with Gasteiger partial charge in [-0.15, -0.1) is 0 Å². The molecular weight excluding hydrogens is 312 g/mol. The molecule has 3 rings (SSSR count). The van der Waals surface area contributed by atoms with Gasteiger partial charge in [-0.1, -0.05) is 29.8 Å². The van der Waals surface area contributed by atoms with E-state index in [4.69, 9.17) is 9.47 Å². The topological polar surface area (TPSA) is 27.3 Å². The van der Waals surface area contributed by atoms with Gasteiger partial charge in [0.1, 0.15) is 39.3 Å². The Kier molecular flexibility index (Phi) is 5.95. The van der Waals surface area contributed by atoms with E-state index < -0.39 is 0 Å². The molecule has 4 nitrogen and oxygen atoms in total. The summed E-state index contributed by atoms with van der Waals surface area (Å²) in [5, 5.41) is 0. The van der Waals surface area contributed by atoms with E-state index in [2.05, 4.69) is 43.3 Å². The highest BCUT2D eigenvalue weighted by Gasteiger charge is 2.23. The maximum atomic E-state index is 5.42. The minimum atomic E-state index is 0.800. The van der Waals surface area contributed by atoms with Gasteiger partial charge < -0.3 is 19.3 Å². The van der Waals surface area contributed by atoms with Crippen LogP contribution in [0.25, 0.3) is 0 Å². The fourth-order valence-corrected chi connectivity index (χ4v) is 3.58. The lowest BCUT2D eigenvalue weighted by Crippen LogP contribution is -3.27. The Morgan fingerprint density at radius 2 is 1.24 bits per heavy atom. The maximum absolute atomic E-state index is 5.42. The van der Waals surface area contributed by atoms with E-state index >= 15 is 0 Å². The van der Waals surface area contributed by atoms with E-state index in [-0.39, 0.29) is 0 Å². The number of nitrogens with one attached hydrogen (secondary N) is 2. The molecule has 0 aromatic heterocycles. The average molecular weight is 342 g/mol. The lowest BCUT2D eigenvalue weighted by Gasteiger charge is -2.30. The van der Waals surface area contributed by atoms with Gasteiger partial charge >= 0.3 is 0 Å². The minimum Gasteiger partial charge on any atom is -0.493 e. The summed E-state index contributed by atoms with van der Waals surface area (Å²) in [6.07, 6.45) is 0. The SMILES string of the molecule is COc1ccc(C[NH+]2CC[NH+](Cc3ccc(C)cc3)CC2)cc1OC. The summed E-state index contributed by atoms with van der Waals surface area (Å²) in [4.78, 5) is 3.35. The fraction of sp³-hybridized carbons (Fsp3) is 0.429. The zero-order chi connectivity index (χ0) is 17.6. The molecule has 1 aliphatic rings. The molecule has 0 saturated carbocycles. The zero-order valence-electron chi connectivity index (χ0n) is 15.6. The number of methoxy groups -OCH3 is 2. The van der Waals surface area contributed by atoms with E-state index in [9.17, 15) is 0 Å². The van der Waals surface area contributed by atoms with Crippen LogP contribution in [0.1, 0.15) is 16.7 Å². The summed E-state index contributed by atoms with van der Waals surface area (Å²) in [5.74, 6) is 1.62. The molecule has 0 spiro atoms. The van der Waals surface area contributed by atoms with Gasteiger partial charge in [-0.3, -0.25) is 0 Å². The van der Waals surface area contributed by atoms with Crippen LogP contribution in [-0.2, 0) is 13.1 Å². The molecule has 1 aliphatic heterocycles. The first-order chi connectivity index (χ1) is 12.2. The first-order valence-electron chi connectivity index (χ1n) is 9.11. The molecule has 0 radical (unpaired) electrons. The van der Waals surface area contributed by atoms with Crippen molar-refractivity contribution in [2.45, 2.75) is 20.0 Å². The van der Waals surface area contributed by atoms with E-state index in [1.807, 2.05) is 6.07 Å². The van der Waals surface area contributed by atoms with Crippen LogP contribution in [-0.4, -0.2) is 40.4 Å². The maximum Gasteiger partial charge on any atom is 0.161 e. The molecule has 0 atom stereocenters. The Morgan fingerprint density at radius 3 is 1.80 bits per heavy atom. The van der Waals surface area contributed by atoms with Crippen LogP contribution in [0.3, 0.4) is 0 Å². The van der Waals surface area contributed by atoms with Crippen LogP contribution in [0, 0.1) is 6.92 Å². The van der Waals surface area contributed by atoms with Crippen molar-refractivity contribution in [3.63, 3.8) is 0 Å². The summed E-state index contributed by atoms with van der Waals surface area (Å²) in [5.41, 5.74) is 4.10. The van der Waals surface area contributed by atoms with Gasteiger partial charge in [-0.25, -0.2) is 0 Å². The van der Waals surface area contributed by atoms with Crippen LogP contribution in [0.2, 0.25) is 0 Å². The number of ether oxygens (including phenoxy) is 2. The Hall–Kier alpha value is -2.04. The largest absolute Gasteiger partial charge is 0.493 e. The molecule has 1 heterocycles. The highest BCUT2D eigenvalue weighted by Crippen LogP contribution is 2.27. The lowest BCUT2D eigenvalue weighted by atomic mass is 10.1. The summed E-state index contributed by atoms with van der Waals surface area (Å²) in [6.45, 7) is 9.24. The quantitative estimate of drug-likeness (QED) is 0.800. The highest BCUT2D eigenvalue weighted by atomic mass is 16.5. The van der Waals surface area contributed by atoms with Crippen LogP contribution in [0.4, 0.5) is 0 Å². The molecule has 2 aromatic carbocycles. The first-order valence-corrected chi connectivity index (χ1v) is 9.11. The molecule has 134 valence electrons. The molecule has 2 N–H and O–H groups in total. The van der Waals surface area contributed by atoms with E-state index in [1.54, 1.807) is 24.0 Å². The second kappa shape index (κ2) is 8.37. The number of quaternary nitrogens is 2. The van der Waals surface area contributed by atoms with E-state index in [0.29, 0.717) is 0 Å². The van der Waals surface area contributed by atoms with Crippen LogP contribution in [0.15, 0.2) is 42.5 Å². The van der Waals surface area contributed by atoms with Gasteiger partial charge in [0.25, 0.3) is 0 Å². The standard InChI is InChI=1S/C21H28N2O2/c1-17-4-6-18(7-5-17)15-22-10-12-23(13-11-22)16-19-8-9-20(24-2)21(14-19)25-3/h4-9,14H,10-13,15-16H2,1-3H3/p+2. The van der Waals surface area contributed by atoms with E-state index in [0.717, 1.165) is 24.6 Å². The highest BCUT2D eigenvalue weighted by molar-refractivity contribution is 5.42. The summed E-state index contributed by atoms with van der Waals surface area (Å²) >= 11 is 0. The monoisotopic (exact) mass is 342 g/mol. The van der Waals surface area contributed by atoms with Gasteiger partial charge in [0.2, 0.25) is 0 Å². The van der Waals surface area contributed by atoms with Crippen LogP contribution in [0.5, 0.6) is 11.5 Å². The number of aryl methyl sites for hydroxylation is 1. The van der Waals surface area contributed by atoms with E-state index in [1.165, 1.54) is 42.9 Å². The number of benzene rings is 2. The molecule has 0 amide bonds. The summed E-state index contributed by atoms with van der Waals surface area (Å²) in [6, 6.07) is 15.2. The molecule has 2 aromatic rings. The molecule has 0 unspecified atom stereocenters. The Labute approximate surface area is 151 Å². The van der Waals surface area contributed by atoms with Crippen molar-refractivity contribution in [1.82, 2.24) is 0 Å². The first kappa shape index (κ1) is 17.8. The molecule has 1 saturated heterocycles. The van der Waals surface area contributed by atoms with Crippen LogP contribution < -0.4 is 19.3 Å². The Morgan fingerprint density at radius 1 is 0.720 bits per heavy atom. The lowest BCUT2D eigenvalue weighted by molar-refractivity contribution is -1.02. The molecule has 0 bridgehead atoms. The predicted octanol–water partition coefficient (Wildman–Crippen LogP) is 0.496. The molecular formula is C21H30N2O2+2. The van der Waals surface area contributed by atoms with Crippen molar-refractivity contribution in [2.24, 2.45) is 0 Å². The second-order valence-corrected chi connectivity index (χ2v) is 7.03. The third kappa shape index (κ3) is 4.74. The molecule has 4 heteroatoms. The van der Waals surface area contributed by atoms with Crippen molar-refractivity contribution < 1.29 is 19.3 Å². The average Bonchev–Trinajstić information content (AvgIpc) is 2.65. The Bertz CT molecular complexity index is 677. The predicted molar refractivity (Wildman–Crippen MR) is 99.5 cm³/mol. The second-order valence-electron chi connectivity index (χ2n) is 7.03. The summed E-state index contributed by atoms with van der Waals surface area (Å²) in [7, 11) is 3.38. The number of piperazine rings is 1.